The smallest absolute Gasteiger partial charge is 0.263 e. The number of rotatable bonds is 5. The second-order valence-corrected chi connectivity index (χ2v) is 9.88. The van der Waals surface area contributed by atoms with Crippen LogP contribution in [0.4, 0.5) is 0 Å². The molecule has 6 rings (SSSR count). The minimum atomic E-state index is -0.0408. The largest absolute Gasteiger partial charge is 0.280 e. The first-order valence-corrected chi connectivity index (χ1v) is 12.7. The first kappa shape index (κ1) is 22.3. The Morgan fingerprint density at radius 2 is 1.83 bits per heavy atom. The molecule has 36 heavy (non-hydrogen) atoms. The van der Waals surface area contributed by atoms with Gasteiger partial charge in [0.05, 0.1) is 22.3 Å². The maximum atomic E-state index is 14.3. The molecule has 0 spiro atoms. The number of pyridine rings is 1. The molecule has 178 valence electrons. The predicted molar refractivity (Wildman–Crippen MR) is 144 cm³/mol. The average Bonchev–Trinajstić information content (AvgIpc) is 3.50. The molecule has 4 heterocycles. The van der Waals surface area contributed by atoms with E-state index >= 15 is 0 Å². The number of benzene rings is 2. The van der Waals surface area contributed by atoms with Gasteiger partial charge < -0.3 is 0 Å². The fraction of sp³-hybridized carbons (Fsp3) is 0.179. The first-order valence-electron chi connectivity index (χ1n) is 11.8. The Morgan fingerprint density at radius 3 is 2.61 bits per heavy atom. The Kier molecular flexibility index (Phi) is 5.45. The van der Waals surface area contributed by atoms with Crippen LogP contribution in [0.15, 0.2) is 77.4 Å². The number of fused-ring (bicyclic) bond motifs is 2. The number of aryl methyl sites for hydroxylation is 2. The van der Waals surface area contributed by atoms with E-state index < -0.39 is 0 Å². The molecule has 0 N–H and O–H groups in total. The van der Waals surface area contributed by atoms with Crippen molar-refractivity contribution in [2.24, 2.45) is 7.05 Å². The van der Waals surface area contributed by atoms with Crippen LogP contribution in [0.2, 0.25) is 0 Å². The van der Waals surface area contributed by atoms with Crippen LogP contribution in [0, 0.1) is 6.92 Å². The van der Waals surface area contributed by atoms with E-state index in [0.29, 0.717) is 11.8 Å². The van der Waals surface area contributed by atoms with Gasteiger partial charge in [0, 0.05) is 42.5 Å². The predicted octanol–water partition coefficient (Wildman–Crippen LogP) is 5.45. The van der Waals surface area contributed by atoms with Gasteiger partial charge in [-0.15, -0.1) is 11.3 Å². The van der Waals surface area contributed by atoms with E-state index in [1.165, 1.54) is 11.3 Å². The molecule has 0 radical (unpaired) electrons. The number of nitrogens with zero attached hydrogens (tertiary/aromatic N) is 6. The number of hydrogen-bond donors (Lipinski definition) is 0. The van der Waals surface area contributed by atoms with Crippen LogP contribution >= 0.6 is 11.3 Å². The van der Waals surface area contributed by atoms with E-state index in [0.717, 1.165) is 49.6 Å². The molecule has 0 unspecified atom stereocenters. The van der Waals surface area contributed by atoms with E-state index in [-0.39, 0.29) is 11.5 Å². The third-order valence-electron chi connectivity index (χ3n) is 6.61. The van der Waals surface area contributed by atoms with Gasteiger partial charge in [-0.3, -0.25) is 14.0 Å². The zero-order chi connectivity index (χ0) is 24.8. The molecular formula is C28H24N6OS. The van der Waals surface area contributed by atoms with E-state index in [1.807, 2.05) is 73.3 Å². The van der Waals surface area contributed by atoms with E-state index in [2.05, 4.69) is 33.0 Å². The quantitative estimate of drug-likeness (QED) is 0.320. The molecule has 0 fully saturated rings. The van der Waals surface area contributed by atoms with Crippen LogP contribution in [0.25, 0.3) is 37.9 Å². The summed E-state index contributed by atoms with van der Waals surface area (Å²) in [6.07, 6.45) is 4.21. The Hall–Kier alpha value is -4.17. The summed E-state index contributed by atoms with van der Waals surface area (Å²) in [5, 5.41) is 6.11. The highest BCUT2D eigenvalue weighted by molar-refractivity contribution is 7.16. The topological polar surface area (TPSA) is 78.5 Å². The Morgan fingerprint density at radius 1 is 1.00 bits per heavy atom. The molecule has 6 aromatic rings. The SMILES string of the molecule is Cc1nn(C)cc1-c1cccc2cc([C@H](C)Cc3ncnc4scnc34)n(-c3ccccc3)c(=O)c12. The Bertz CT molecular complexity index is 1780. The van der Waals surface area contributed by atoms with Crippen molar-refractivity contribution in [2.45, 2.75) is 26.2 Å². The van der Waals surface area contributed by atoms with Crippen LogP contribution in [0.3, 0.4) is 0 Å². The summed E-state index contributed by atoms with van der Waals surface area (Å²) in [4.78, 5) is 28.5. The van der Waals surface area contributed by atoms with Gasteiger partial charge in [-0.05, 0) is 36.1 Å². The van der Waals surface area contributed by atoms with E-state index in [9.17, 15) is 4.79 Å². The van der Waals surface area contributed by atoms with Crippen molar-refractivity contribution >= 4 is 32.5 Å². The highest BCUT2D eigenvalue weighted by Crippen LogP contribution is 2.32. The molecule has 1 atom stereocenters. The number of thiazole rings is 1. The van der Waals surface area contributed by atoms with Crippen molar-refractivity contribution in [3.05, 3.63) is 100 Å². The standard InChI is InChI=1S/C28H24N6OS/c1-17(12-23-26-27(30-15-29-23)36-16-31-26)24-13-19-8-7-11-21(22-14-33(3)32-18(22)2)25(19)28(35)34(24)20-9-5-4-6-10-20/h4-11,13-17H,12H2,1-3H3/t17-/m1/s1. The molecule has 0 amide bonds. The van der Waals surface area contributed by atoms with Crippen molar-refractivity contribution in [2.75, 3.05) is 0 Å². The molecule has 0 bridgehead atoms. The third kappa shape index (κ3) is 3.70. The molecular weight excluding hydrogens is 468 g/mol. The van der Waals surface area contributed by atoms with Crippen LogP contribution in [0.1, 0.15) is 29.9 Å². The summed E-state index contributed by atoms with van der Waals surface area (Å²) >= 11 is 1.51. The lowest BCUT2D eigenvalue weighted by molar-refractivity contribution is 0.687. The maximum Gasteiger partial charge on any atom is 0.263 e. The molecule has 2 aromatic carbocycles. The molecule has 7 nitrogen and oxygen atoms in total. The van der Waals surface area contributed by atoms with Crippen molar-refractivity contribution in [1.82, 2.24) is 29.3 Å². The summed E-state index contributed by atoms with van der Waals surface area (Å²) in [5.41, 5.74) is 8.00. The minimum Gasteiger partial charge on any atom is -0.280 e. The first-order chi connectivity index (χ1) is 17.5. The fourth-order valence-electron chi connectivity index (χ4n) is 4.96. The lowest BCUT2D eigenvalue weighted by Crippen LogP contribution is -2.24. The van der Waals surface area contributed by atoms with Gasteiger partial charge in [-0.25, -0.2) is 15.0 Å². The van der Waals surface area contributed by atoms with Gasteiger partial charge in [0.25, 0.3) is 5.56 Å². The number of aromatic nitrogens is 6. The minimum absolute atomic E-state index is 0.00545. The van der Waals surface area contributed by atoms with Crippen molar-refractivity contribution in [3.63, 3.8) is 0 Å². The fourth-order valence-corrected chi connectivity index (χ4v) is 5.61. The second kappa shape index (κ2) is 8.80. The average molecular weight is 493 g/mol. The third-order valence-corrected chi connectivity index (χ3v) is 7.34. The molecule has 0 aliphatic carbocycles. The van der Waals surface area contributed by atoms with Crippen molar-refractivity contribution in [3.8, 4) is 16.8 Å². The highest BCUT2D eigenvalue weighted by atomic mass is 32.1. The summed E-state index contributed by atoms with van der Waals surface area (Å²) in [5.74, 6) is 0.00545. The van der Waals surface area contributed by atoms with E-state index in [4.69, 9.17) is 0 Å². The molecule has 0 aliphatic heterocycles. The molecule has 4 aromatic heterocycles. The summed E-state index contributed by atoms with van der Waals surface area (Å²) in [7, 11) is 1.90. The van der Waals surface area contributed by atoms with Gasteiger partial charge in [0.1, 0.15) is 16.7 Å². The van der Waals surface area contributed by atoms with Gasteiger partial charge in [-0.2, -0.15) is 5.10 Å². The zero-order valence-corrected chi connectivity index (χ0v) is 21.0. The number of hydrogen-bond acceptors (Lipinski definition) is 6. The normalized spacial score (nSPS) is 12.4. The zero-order valence-electron chi connectivity index (χ0n) is 20.2. The highest BCUT2D eigenvalue weighted by Gasteiger charge is 2.21. The molecule has 8 heteroatoms. The number of para-hydroxylation sites is 1. The molecule has 0 saturated heterocycles. The van der Waals surface area contributed by atoms with Crippen LogP contribution in [-0.2, 0) is 13.5 Å². The van der Waals surface area contributed by atoms with Gasteiger partial charge in [-0.1, -0.05) is 43.3 Å². The van der Waals surface area contributed by atoms with Crippen LogP contribution in [0.5, 0.6) is 0 Å². The molecule has 0 saturated carbocycles. The Labute approximate surface area is 211 Å². The van der Waals surface area contributed by atoms with Crippen LogP contribution in [-0.4, -0.2) is 29.3 Å². The monoisotopic (exact) mass is 492 g/mol. The van der Waals surface area contributed by atoms with Gasteiger partial charge >= 0.3 is 0 Å². The summed E-state index contributed by atoms with van der Waals surface area (Å²) in [6.45, 7) is 4.11. The van der Waals surface area contributed by atoms with Gasteiger partial charge in [0.15, 0.2) is 0 Å². The lowest BCUT2D eigenvalue weighted by Gasteiger charge is -2.20. The van der Waals surface area contributed by atoms with Crippen LogP contribution < -0.4 is 5.56 Å². The van der Waals surface area contributed by atoms with Crippen molar-refractivity contribution < 1.29 is 0 Å². The summed E-state index contributed by atoms with van der Waals surface area (Å²) in [6, 6.07) is 18.0. The van der Waals surface area contributed by atoms with Crippen molar-refractivity contribution in [1.29, 1.82) is 0 Å². The maximum absolute atomic E-state index is 14.3. The molecule has 0 aliphatic rings. The lowest BCUT2D eigenvalue weighted by atomic mass is 9.95. The second-order valence-electron chi connectivity index (χ2n) is 9.05. The Balaban J connectivity index is 1.58. The summed E-state index contributed by atoms with van der Waals surface area (Å²) < 4.78 is 3.64. The van der Waals surface area contributed by atoms with Gasteiger partial charge in [0.2, 0.25) is 0 Å². The van der Waals surface area contributed by atoms with E-state index in [1.54, 1.807) is 16.5 Å².